The van der Waals surface area contributed by atoms with Gasteiger partial charge in [0.15, 0.2) is 0 Å². The van der Waals surface area contributed by atoms with Crippen molar-refractivity contribution in [2.24, 2.45) is 0 Å². The van der Waals surface area contributed by atoms with Crippen molar-refractivity contribution in [2.45, 2.75) is 6.92 Å². The Hall–Kier alpha value is -2.07. The maximum atomic E-state index is 13.4. The fourth-order valence-corrected chi connectivity index (χ4v) is 1.72. The topological polar surface area (TPSA) is 55.1 Å². The molecule has 0 heterocycles. The second-order valence-corrected chi connectivity index (χ2v) is 4.56. The van der Waals surface area contributed by atoms with Crippen LogP contribution in [0.3, 0.4) is 0 Å². The van der Waals surface area contributed by atoms with Crippen LogP contribution < -0.4 is 11.1 Å². The minimum Gasteiger partial charge on any atom is -0.398 e. The highest BCUT2D eigenvalue weighted by molar-refractivity contribution is 6.33. The van der Waals surface area contributed by atoms with Gasteiger partial charge in [0.05, 0.1) is 10.7 Å². The van der Waals surface area contributed by atoms with Gasteiger partial charge in [0.1, 0.15) is 5.82 Å². The van der Waals surface area contributed by atoms with Crippen LogP contribution in [-0.2, 0) is 0 Å². The molecule has 0 unspecified atom stereocenters. The molecule has 0 aromatic heterocycles. The molecule has 0 bridgehead atoms. The second kappa shape index (κ2) is 5.28. The number of benzene rings is 2. The number of rotatable bonds is 2. The number of nitrogens with one attached hydrogen (secondary N) is 1. The first kappa shape index (κ1) is 13.4. The predicted molar refractivity (Wildman–Crippen MR) is 75.0 cm³/mol. The van der Waals surface area contributed by atoms with Gasteiger partial charge in [-0.05, 0) is 42.8 Å². The summed E-state index contributed by atoms with van der Waals surface area (Å²) in [6.45, 7) is 1.64. The molecular weight excluding hydrogens is 267 g/mol. The van der Waals surface area contributed by atoms with E-state index in [-0.39, 0.29) is 5.56 Å². The van der Waals surface area contributed by atoms with E-state index in [9.17, 15) is 9.18 Å². The Morgan fingerprint density at radius 2 is 2.00 bits per heavy atom. The van der Waals surface area contributed by atoms with Crippen LogP contribution in [0, 0.1) is 12.7 Å². The van der Waals surface area contributed by atoms with E-state index in [0.717, 1.165) is 0 Å². The number of hydrogen-bond donors (Lipinski definition) is 2. The molecule has 2 aromatic carbocycles. The molecule has 5 heteroatoms. The van der Waals surface area contributed by atoms with Crippen LogP contribution in [0.25, 0.3) is 0 Å². The van der Waals surface area contributed by atoms with Crippen LogP contribution >= 0.6 is 11.6 Å². The molecule has 0 fully saturated rings. The van der Waals surface area contributed by atoms with E-state index in [0.29, 0.717) is 22.0 Å². The number of halogens is 2. The van der Waals surface area contributed by atoms with Crippen LogP contribution in [-0.4, -0.2) is 5.91 Å². The molecule has 19 heavy (non-hydrogen) atoms. The van der Waals surface area contributed by atoms with E-state index in [1.54, 1.807) is 37.3 Å². The summed E-state index contributed by atoms with van der Waals surface area (Å²) in [6.07, 6.45) is 0. The normalized spacial score (nSPS) is 10.3. The van der Waals surface area contributed by atoms with Crippen LogP contribution in [0.1, 0.15) is 15.9 Å². The number of aryl methyl sites for hydroxylation is 1. The zero-order valence-corrected chi connectivity index (χ0v) is 11.0. The average Bonchev–Trinajstić information content (AvgIpc) is 2.37. The largest absolute Gasteiger partial charge is 0.398 e. The predicted octanol–water partition coefficient (Wildman–Crippen LogP) is 3.62. The highest BCUT2D eigenvalue weighted by atomic mass is 35.5. The SMILES string of the molecule is Cc1ccc(C(=O)Nc2ccc(N)c(Cl)c2)cc1F. The minimum absolute atomic E-state index is 0.246. The van der Waals surface area contributed by atoms with Crippen LogP contribution in [0.5, 0.6) is 0 Å². The Morgan fingerprint density at radius 3 is 2.63 bits per heavy atom. The quantitative estimate of drug-likeness (QED) is 0.824. The highest BCUT2D eigenvalue weighted by Crippen LogP contribution is 2.23. The number of carbonyl (C=O) groups is 1. The molecule has 0 aliphatic heterocycles. The first-order valence-electron chi connectivity index (χ1n) is 5.60. The highest BCUT2D eigenvalue weighted by Gasteiger charge is 2.09. The zero-order chi connectivity index (χ0) is 14.0. The number of amides is 1. The molecular formula is C14H12ClFN2O. The summed E-state index contributed by atoms with van der Waals surface area (Å²) >= 11 is 5.85. The van der Waals surface area contributed by atoms with E-state index in [4.69, 9.17) is 17.3 Å². The van der Waals surface area contributed by atoms with Crippen molar-refractivity contribution in [1.82, 2.24) is 0 Å². The van der Waals surface area contributed by atoms with Gasteiger partial charge in [-0.1, -0.05) is 17.7 Å². The number of hydrogen-bond acceptors (Lipinski definition) is 2. The first-order valence-corrected chi connectivity index (χ1v) is 5.97. The van der Waals surface area contributed by atoms with Crippen molar-refractivity contribution in [3.05, 3.63) is 58.4 Å². The van der Waals surface area contributed by atoms with Gasteiger partial charge in [-0.25, -0.2) is 4.39 Å². The molecule has 0 radical (unpaired) electrons. The van der Waals surface area contributed by atoms with Crippen molar-refractivity contribution in [1.29, 1.82) is 0 Å². The Balaban J connectivity index is 2.20. The number of nitrogens with two attached hydrogens (primary N) is 1. The lowest BCUT2D eigenvalue weighted by Gasteiger charge is -2.07. The van der Waals surface area contributed by atoms with Gasteiger partial charge < -0.3 is 11.1 Å². The van der Waals surface area contributed by atoms with E-state index in [1.165, 1.54) is 6.07 Å². The van der Waals surface area contributed by atoms with Crippen LogP contribution in [0.4, 0.5) is 15.8 Å². The van der Waals surface area contributed by atoms with Crippen molar-refractivity contribution >= 4 is 28.9 Å². The summed E-state index contributed by atoms with van der Waals surface area (Å²) < 4.78 is 13.4. The number of anilines is 2. The maximum Gasteiger partial charge on any atom is 0.255 e. The zero-order valence-electron chi connectivity index (χ0n) is 10.2. The summed E-state index contributed by atoms with van der Waals surface area (Å²) in [5.41, 5.74) is 7.25. The van der Waals surface area contributed by atoms with Gasteiger partial charge in [-0.3, -0.25) is 4.79 Å². The van der Waals surface area contributed by atoms with Crippen molar-refractivity contribution in [3.8, 4) is 0 Å². The standard InChI is InChI=1S/C14H12ClFN2O/c1-8-2-3-9(6-12(8)16)14(19)18-10-4-5-13(17)11(15)7-10/h2-7H,17H2,1H3,(H,18,19). The van der Waals surface area contributed by atoms with Crippen molar-refractivity contribution in [3.63, 3.8) is 0 Å². The van der Waals surface area contributed by atoms with Gasteiger partial charge in [-0.2, -0.15) is 0 Å². The smallest absolute Gasteiger partial charge is 0.255 e. The number of carbonyl (C=O) groups excluding carboxylic acids is 1. The third-order valence-electron chi connectivity index (χ3n) is 2.69. The summed E-state index contributed by atoms with van der Waals surface area (Å²) in [7, 11) is 0. The van der Waals surface area contributed by atoms with Crippen LogP contribution in [0.15, 0.2) is 36.4 Å². The van der Waals surface area contributed by atoms with E-state index in [1.807, 2.05) is 0 Å². The Bertz CT molecular complexity index is 643. The van der Waals surface area contributed by atoms with Gasteiger partial charge >= 0.3 is 0 Å². The number of nitrogen functional groups attached to an aromatic ring is 1. The summed E-state index contributed by atoms with van der Waals surface area (Å²) in [4.78, 5) is 11.9. The van der Waals surface area contributed by atoms with Crippen molar-refractivity contribution < 1.29 is 9.18 Å². The third kappa shape index (κ3) is 3.03. The van der Waals surface area contributed by atoms with E-state index < -0.39 is 11.7 Å². The molecule has 2 rings (SSSR count). The van der Waals surface area contributed by atoms with Crippen LogP contribution in [0.2, 0.25) is 5.02 Å². The van der Waals surface area contributed by atoms with Gasteiger partial charge in [-0.15, -0.1) is 0 Å². The monoisotopic (exact) mass is 278 g/mol. The maximum absolute atomic E-state index is 13.4. The molecule has 0 saturated carbocycles. The molecule has 0 spiro atoms. The Kier molecular flexibility index (Phi) is 3.71. The fourth-order valence-electron chi connectivity index (χ4n) is 1.54. The third-order valence-corrected chi connectivity index (χ3v) is 3.02. The minimum atomic E-state index is -0.414. The lowest BCUT2D eigenvalue weighted by molar-refractivity contribution is 0.102. The van der Waals surface area contributed by atoms with E-state index in [2.05, 4.69) is 5.32 Å². The first-order chi connectivity index (χ1) is 8.97. The Labute approximate surface area is 115 Å². The molecule has 3 nitrogen and oxygen atoms in total. The molecule has 3 N–H and O–H groups in total. The summed E-state index contributed by atoms with van der Waals surface area (Å²) in [5.74, 6) is -0.817. The lowest BCUT2D eigenvalue weighted by atomic mass is 10.1. The second-order valence-electron chi connectivity index (χ2n) is 4.15. The average molecular weight is 279 g/mol. The molecule has 2 aromatic rings. The molecule has 0 aliphatic rings. The molecule has 0 atom stereocenters. The molecule has 0 aliphatic carbocycles. The summed E-state index contributed by atoms with van der Waals surface area (Å²) in [6, 6.07) is 9.08. The van der Waals surface area contributed by atoms with Gasteiger partial charge in [0.2, 0.25) is 0 Å². The van der Waals surface area contributed by atoms with Gasteiger partial charge in [0, 0.05) is 11.3 Å². The lowest BCUT2D eigenvalue weighted by Crippen LogP contribution is -2.12. The molecule has 0 saturated heterocycles. The summed E-state index contributed by atoms with van der Waals surface area (Å²) in [5, 5.41) is 2.98. The van der Waals surface area contributed by atoms with Gasteiger partial charge in [0.25, 0.3) is 5.91 Å². The fraction of sp³-hybridized carbons (Fsp3) is 0.0714. The van der Waals surface area contributed by atoms with E-state index >= 15 is 0 Å². The Morgan fingerprint density at radius 1 is 1.26 bits per heavy atom. The molecule has 1 amide bonds. The molecule has 98 valence electrons. The van der Waals surface area contributed by atoms with Crippen molar-refractivity contribution in [2.75, 3.05) is 11.1 Å².